The van der Waals surface area contributed by atoms with Gasteiger partial charge < -0.3 is 20.1 Å². The maximum Gasteiger partial charge on any atom is 0.306 e. The molecule has 0 amide bonds. The third-order valence-corrected chi connectivity index (χ3v) is 12.2. The number of fused-ring (bicyclic) bond motifs is 4. The molecule has 4 rings (SSSR count). The number of ether oxygens (including phenoxy) is 1. The Morgan fingerprint density at radius 3 is 2.34 bits per heavy atom. The number of hydrogen-bond donors (Lipinski definition) is 3. The van der Waals surface area contributed by atoms with E-state index in [1.165, 1.54) is 18.1 Å². The van der Waals surface area contributed by atoms with E-state index in [-0.39, 0.29) is 46.9 Å². The second kappa shape index (κ2) is 10.1. The summed E-state index contributed by atoms with van der Waals surface area (Å²) in [5, 5.41) is 30.7. The number of hydrogen-bond acceptors (Lipinski definition) is 5. The molecule has 6 nitrogen and oxygen atoms in total. The number of aliphatic carboxylic acids is 1. The van der Waals surface area contributed by atoms with Gasteiger partial charge in [0.2, 0.25) is 0 Å². The molecule has 4 aliphatic rings. The van der Waals surface area contributed by atoms with E-state index in [1.54, 1.807) is 0 Å². The van der Waals surface area contributed by atoms with Crippen LogP contribution in [-0.4, -0.2) is 46.1 Å². The zero-order valence-corrected chi connectivity index (χ0v) is 24.6. The van der Waals surface area contributed by atoms with E-state index < -0.39 is 17.3 Å². The minimum Gasteiger partial charge on any atom is -0.481 e. The predicted molar refractivity (Wildman–Crippen MR) is 147 cm³/mol. The summed E-state index contributed by atoms with van der Waals surface area (Å²) in [6.07, 6.45) is 8.47. The summed E-state index contributed by atoms with van der Waals surface area (Å²) in [6.45, 7) is 14.7. The molecule has 0 aromatic rings. The van der Waals surface area contributed by atoms with Crippen LogP contribution in [-0.2, 0) is 14.3 Å². The zero-order valence-electron chi connectivity index (χ0n) is 24.6. The summed E-state index contributed by atoms with van der Waals surface area (Å²) in [5.41, 5.74) is 2.87. The van der Waals surface area contributed by atoms with Crippen molar-refractivity contribution in [3.05, 3.63) is 22.8 Å². The van der Waals surface area contributed by atoms with Crippen LogP contribution >= 0.6 is 0 Å². The highest BCUT2D eigenvalue weighted by Gasteiger charge is 2.68. The van der Waals surface area contributed by atoms with Gasteiger partial charge in [-0.15, -0.1) is 0 Å². The first-order valence-electron chi connectivity index (χ1n) is 14.7. The van der Waals surface area contributed by atoms with Crippen LogP contribution in [0, 0.1) is 39.4 Å². The SMILES string of the molecule is CC(=O)O[C@H]1CC([C@@H](CC/C=C(\C)CO)C(=O)O)[C@@]2(C)CCC3=C(CCC4C(C)(C)[C@@H](O)CC[C@]34C)[C@]12C. The van der Waals surface area contributed by atoms with Gasteiger partial charge in [0, 0.05) is 12.3 Å². The number of carbonyl (C=O) groups excluding carboxylic acids is 1. The van der Waals surface area contributed by atoms with Gasteiger partial charge in [-0.05, 0) is 92.8 Å². The first-order chi connectivity index (χ1) is 17.6. The fourth-order valence-electron chi connectivity index (χ4n) is 9.78. The van der Waals surface area contributed by atoms with Crippen molar-refractivity contribution in [1.29, 1.82) is 0 Å². The Morgan fingerprint density at radius 1 is 1.05 bits per heavy atom. The van der Waals surface area contributed by atoms with Gasteiger partial charge in [-0.3, -0.25) is 9.59 Å². The molecule has 0 spiro atoms. The highest BCUT2D eigenvalue weighted by atomic mass is 16.5. The van der Waals surface area contributed by atoms with Gasteiger partial charge in [0.15, 0.2) is 0 Å². The van der Waals surface area contributed by atoms with Crippen LogP contribution in [0.25, 0.3) is 0 Å². The Hall–Kier alpha value is -1.66. The van der Waals surface area contributed by atoms with Crippen molar-refractivity contribution in [1.82, 2.24) is 0 Å². The number of esters is 1. The minimum atomic E-state index is -0.782. The van der Waals surface area contributed by atoms with E-state index in [1.807, 2.05) is 13.0 Å². The fraction of sp³-hybridized carbons (Fsp3) is 0.812. The normalized spacial score (nSPS) is 41.1. The molecule has 0 heterocycles. The van der Waals surface area contributed by atoms with Crippen LogP contribution in [0.1, 0.15) is 106 Å². The molecule has 38 heavy (non-hydrogen) atoms. The molecule has 0 aromatic carbocycles. The molecule has 2 fully saturated rings. The van der Waals surface area contributed by atoms with Crippen molar-refractivity contribution in [2.45, 2.75) is 118 Å². The van der Waals surface area contributed by atoms with Gasteiger partial charge in [-0.2, -0.15) is 0 Å². The molecule has 0 aromatic heterocycles. The summed E-state index contributed by atoms with van der Waals surface area (Å²) < 4.78 is 6.09. The fourth-order valence-corrected chi connectivity index (χ4v) is 9.78. The van der Waals surface area contributed by atoms with Crippen molar-refractivity contribution < 1.29 is 29.6 Å². The lowest BCUT2D eigenvalue weighted by Crippen LogP contribution is -2.56. The van der Waals surface area contributed by atoms with Crippen LogP contribution in [0.2, 0.25) is 0 Å². The Balaban J connectivity index is 1.79. The summed E-state index contributed by atoms with van der Waals surface area (Å²) in [5.74, 6) is -1.34. The number of allylic oxidation sites excluding steroid dienone is 2. The number of carbonyl (C=O) groups is 2. The van der Waals surface area contributed by atoms with Crippen molar-refractivity contribution in [2.24, 2.45) is 39.4 Å². The maximum absolute atomic E-state index is 12.7. The minimum absolute atomic E-state index is 0.00166. The molecule has 0 radical (unpaired) electrons. The molecule has 3 N–H and O–H groups in total. The summed E-state index contributed by atoms with van der Waals surface area (Å²) in [6, 6.07) is 0. The number of carboxylic acids is 1. The second-order valence-corrected chi connectivity index (χ2v) is 14.1. The van der Waals surface area contributed by atoms with Gasteiger partial charge in [0.25, 0.3) is 0 Å². The van der Waals surface area contributed by atoms with Crippen LogP contribution in [0.4, 0.5) is 0 Å². The first-order valence-corrected chi connectivity index (χ1v) is 14.7. The predicted octanol–water partition coefficient (Wildman–Crippen LogP) is 6.06. The van der Waals surface area contributed by atoms with Crippen molar-refractivity contribution in [3.8, 4) is 0 Å². The van der Waals surface area contributed by atoms with Gasteiger partial charge >= 0.3 is 11.9 Å². The maximum atomic E-state index is 12.7. The average molecular weight is 531 g/mol. The number of aliphatic hydroxyl groups is 2. The summed E-state index contributed by atoms with van der Waals surface area (Å²) in [7, 11) is 0. The molecule has 8 atom stereocenters. The van der Waals surface area contributed by atoms with Crippen LogP contribution in [0.5, 0.6) is 0 Å². The summed E-state index contributed by atoms with van der Waals surface area (Å²) in [4.78, 5) is 25.1. The molecule has 6 heteroatoms. The number of aliphatic hydroxyl groups excluding tert-OH is 2. The number of rotatable bonds is 7. The molecule has 4 aliphatic carbocycles. The second-order valence-electron chi connectivity index (χ2n) is 14.1. The Bertz CT molecular complexity index is 1020. The third-order valence-electron chi connectivity index (χ3n) is 12.2. The molecule has 214 valence electrons. The van der Waals surface area contributed by atoms with Gasteiger partial charge in [-0.25, -0.2) is 0 Å². The first kappa shape index (κ1) is 29.3. The van der Waals surface area contributed by atoms with Crippen molar-refractivity contribution >= 4 is 11.9 Å². The van der Waals surface area contributed by atoms with Crippen LogP contribution in [0.3, 0.4) is 0 Å². The molecule has 0 aliphatic heterocycles. The Labute approximate surface area is 228 Å². The molecule has 0 saturated heterocycles. The smallest absolute Gasteiger partial charge is 0.306 e. The van der Waals surface area contributed by atoms with Gasteiger partial charge in [-0.1, -0.05) is 57.4 Å². The molecule has 0 bridgehead atoms. The van der Waals surface area contributed by atoms with E-state index in [9.17, 15) is 24.9 Å². The number of carboxylic acid groups (broad SMARTS) is 1. The van der Waals surface area contributed by atoms with E-state index in [0.29, 0.717) is 25.2 Å². The third kappa shape index (κ3) is 4.29. The standard InChI is InChI=1S/C32H50O6/c1-19(18-33)9-8-10-21(28(36)37)24-17-27(38-20(2)34)32(7)23-11-12-25-29(3,4)26(35)14-15-30(25,5)22(23)13-16-31(24,32)6/h9,21,24-27,33,35H,8,10-18H2,1-7H3,(H,36,37)/b19-9+/t21-,24?,25?,26+,27+,30-,31-,32-/m1/s1. The van der Waals surface area contributed by atoms with E-state index >= 15 is 0 Å². The Kier molecular flexibility index (Phi) is 7.77. The zero-order chi connectivity index (χ0) is 28.3. The topological polar surface area (TPSA) is 104 Å². The lowest BCUT2D eigenvalue weighted by Gasteiger charge is -2.62. The van der Waals surface area contributed by atoms with Crippen LogP contribution in [0.15, 0.2) is 22.8 Å². The Morgan fingerprint density at radius 2 is 1.74 bits per heavy atom. The van der Waals surface area contributed by atoms with E-state index in [2.05, 4.69) is 34.6 Å². The molecule has 2 saturated carbocycles. The molecular weight excluding hydrogens is 480 g/mol. The monoisotopic (exact) mass is 530 g/mol. The van der Waals surface area contributed by atoms with Crippen molar-refractivity contribution in [2.75, 3.05) is 6.61 Å². The lowest BCUT2D eigenvalue weighted by molar-refractivity contribution is -0.154. The van der Waals surface area contributed by atoms with Gasteiger partial charge in [0.05, 0.1) is 18.6 Å². The lowest BCUT2D eigenvalue weighted by atomic mass is 9.43. The molecule has 2 unspecified atom stereocenters. The quantitative estimate of drug-likeness (QED) is 0.273. The molecular formula is C32H50O6. The van der Waals surface area contributed by atoms with Crippen LogP contribution < -0.4 is 0 Å². The largest absolute Gasteiger partial charge is 0.481 e. The van der Waals surface area contributed by atoms with E-state index in [0.717, 1.165) is 44.1 Å². The summed E-state index contributed by atoms with van der Waals surface area (Å²) >= 11 is 0. The van der Waals surface area contributed by atoms with E-state index in [4.69, 9.17) is 4.74 Å². The highest BCUT2D eigenvalue weighted by Crippen LogP contribution is 2.73. The average Bonchev–Trinajstić information content (AvgIpc) is 3.06. The van der Waals surface area contributed by atoms with Crippen molar-refractivity contribution in [3.63, 3.8) is 0 Å². The van der Waals surface area contributed by atoms with Gasteiger partial charge in [0.1, 0.15) is 6.10 Å². The highest BCUT2D eigenvalue weighted by molar-refractivity contribution is 5.71.